The number of benzene rings is 3. The van der Waals surface area contributed by atoms with Gasteiger partial charge in [-0.2, -0.15) is 13.2 Å². The maximum Gasteiger partial charge on any atom is 0.416 e. The van der Waals surface area contributed by atoms with Crippen LogP contribution in [-0.4, -0.2) is 83.1 Å². The van der Waals surface area contributed by atoms with Crippen LogP contribution >= 0.6 is 42.2 Å². The van der Waals surface area contributed by atoms with Crippen LogP contribution in [0.1, 0.15) is 54.2 Å². The van der Waals surface area contributed by atoms with Gasteiger partial charge in [0, 0.05) is 19.4 Å². The third-order valence-corrected chi connectivity index (χ3v) is 9.20. The predicted octanol–water partition coefficient (Wildman–Crippen LogP) is 8.25. The van der Waals surface area contributed by atoms with Gasteiger partial charge in [-0.25, -0.2) is 9.59 Å². The molecule has 0 radical (unpaired) electrons. The number of esters is 1. The van der Waals surface area contributed by atoms with E-state index >= 15 is 0 Å². The first-order valence-electron chi connectivity index (χ1n) is 16.5. The van der Waals surface area contributed by atoms with Gasteiger partial charge in [-0.3, -0.25) is 19.1 Å². The van der Waals surface area contributed by atoms with Crippen LogP contribution in [0.2, 0.25) is 10.0 Å². The molecule has 5 N–H and O–H groups in total. The number of ether oxygens (including phenoxy) is 3. The van der Waals surface area contributed by atoms with Crippen LogP contribution in [0, 0.1) is 6.92 Å². The molecule has 3 aromatic rings. The summed E-state index contributed by atoms with van der Waals surface area (Å²) in [6.45, 7) is 9.14. The molecule has 0 aliphatic carbocycles. The molecular weight excluding hydrogens is 831 g/mol. The highest BCUT2D eigenvalue weighted by molar-refractivity contribution is 7.57. The van der Waals surface area contributed by atoms with Crippen molar-refractivity contribution in [1.29, 1.82) is 0 Å². The Morgan fingerprint density at radius 3 is 2.12 bits per heavy atom. The van der Waals surface area contributed by atoms with Crippen molar-refractivity contribution in [2.45, 2.75) is 58.9 Å². The quantitative estimate of drug-likeness (QED) is 0.0494. The Labute approximate surface area is 336 Å². The lowest BCUT2D eigenvalue weighted by Crippen LogP contribution is -2.35. The van der Waals surface area contributed by atoms with E-state index < -0.39 is 49.2 Å². The van der Waals surface area contributed by atoms with Gasteiger partial charge in [0.2, 0.25) is 5.91 Å². The molecule has 0 heterocycles. The van der Waals surface area contributed by atoms with Crippen LogP contribution in [0.4, 0.5) is 18.9 Å². The van der Waals surface area contributed by atoms with E-state index in [9.17, 15) is 36.9 Å². The average Bonchev–Trinajstić information content (AvgIpc) is 3.12. The minimum Gasteiger partial charge on any atom is -0.480 e. The van der Waals surface area contributed by atoms with Crippen LogP contribution in [0.15, 0.2) is 54.6 Å². The summed E-state index contributed by atoms with van der Waals surface area (Å²) in [5, 5.41) is 16.7. The van der Waals surface area contributed by atoms with Gasteiger partial charge >= 0.3 is 24.1 Å². The van der Waals surface area contributed by atoms with E-state index in [1.165, 1.54) is 18.8 Å². The number of nitrogens with zero attached hydrogens (tertiary/aromatic N) is 1. The fourth-order valence-electron chi connectivity index (χ4n) is 4.29. The van der Waals surface area contributed by atoms with E-state index in [4.69, 9.17) is 69.9 Å². The summed E-state index contributed by atoms with van der Waals surface area (Å²) < 4.78 is 64.1. The molecule has 0 aliphatic rings. The minimum atomic E-state index is -4.56. The molecule has 0 saturated carbocycles. The summed E-state index contributed by atoms with van der Waals surface area (Å²) in [7, 11) is -3.10. The van der Waals surface area contributed by atoms with Gasteiger partial charge in [-0.1, -0.05) is 48.3 Å². The Kier molecular flexibility index (Phi) is 20.9. The second-order valence-electron chi connectivity index (χ2n) is 11.8. The standard InChI is InChI=1S/C17H11Cl2F3O5.C14H20ClNO2.C5H12NO4P/c1-8(15(23)24)26-16(25)11-7-10(3-4-12(11)18)27-14-5-2-9(6-13(14)19)17(20,21)22;1-4-12-8-6-7-11(3)14(12)16(10-18-5-2)13(17)9-15;1-11(9,10)3-2-4(6)5(7)8/h2-8H,1H3,(H,23,24);6-8H,4-5,9-10H2,1-3H3;4H,2-3,6H2,1H3,(H,7,8)(H,9,10)/t8-;;/m0../s1. The molecule has 20 heteroatoms. The van der Waals surface area contributed by atoms with E-state index in [1.807, 2.05) is 32.0 Å². The molecule has 0 bridgehead atoms. The largest absolute Gasteiger partial charge is 0.480 e. The summed E-state index contributed by atoms with van der Waals surface area (Å²) in [5.74, 6) is -3.69. The molecule has 56 heavy (non-hydrogen) atoms. The molecule has 3 atom stereocenters. The van der Waals surface area contributed by atoms with E-state index in [0.717, 1.165) is 48.4 Å². The molecule has 0 fully saturated rings. The molecule has 310 valence electrons. The highest BCUT2D eigenvalue weighted by Crippen LogP contribution is 2.37. The first-order valence-corrected chi connectivity index (χ1v) is 20.1. The molecule has 0 saturated heterocycles. The number of carboxylic acid groups (broad SMARTS) is 2. The zero-order chi connectivity index (χ0) is 43.0. The number of carbonyl (C=O) groups is 4. The third kappa shape index (κ3) is 17.1. The Morgan fingerprint density at radius 1 is 0.982 bits per heavy atom. The van der Waals surface area contributed by atoms with E-state index in [2.05, 4.69) is 6.92 Å². The highest BCUT2D eigenvalue weighted by atomic mass is 35.5. The number of aliphatic carboxylic acids is 2. The zero-order valence-corrected chi connectivity index (χ0v) is 34.1. The molecule has 2 unspecified atom stereocenters. The van der Waals surface area contributed by atoms with Crippen molar-refractivity contribution in [1.82, 2.24) is 0 Å². The molecule has 0 spiro atoms. The number of amides is 1. The number of hydrogen-bond acceptors (Lipinski definition) is 9. The fraction of sp³-hybridized carbons (Fsp3) is 0.389. The number of rotatable bonds is 15. The lowest BCUT2D eigenvalue weighted by atomic mass is 10.0. The van der Waals surface area contributed by atoms with Gasteiger partial charge in [-0.15, -0.1) is 11.6 Å². The number of halogens is 6. The van der Waals surface area contributed by atoms with Gasteiger partial charge in [0.1, 0.15) is 30.2 Å². The van der Waals surface area contributed by atoms with E-state index in [1.54, 1.807) is 4.90 Å². The van der Waals surface area contributed by atoms with Crippen molar-refractivity contribution in [3.8, 4) is 11.5 Å². The number of carbonyl (C=O) groups excluding carboxylic acids is 2. The lowest BCUT2D eigenvalue weighted by Gasteiger charge is -2.25. The Bertz CT molecular complexity index is 1860. The fourth-order valence-corrected chi connectivity index (χ4v) is 5.61. The van der Waals surface area contributed by atoms with Gasteiger partial charge in [0.15, 0.2) is 13.5 Å². The number of hydrogen-bond donors (Lipinski definition) is 4. The Morgan fingerprint density at radius 2 is 1.62 bits per heavy atom. The predicted molar refractivity (Wildman–Crippen MR) is 207 cm³/mol. The van der Waals surface area contributed by atoms with Gasteiger partial charge in [-0.05, 0) is 81.1 Å². The first-order chi connectivity index (χ1) is 26.0. The van der Waals surface area contributed by atoms with Crippen LogP contribution < -0.4 is 15.4 Å². The SMILES string of the molecule is CCOCN(C(=O)CCl)c1c(C)cccc1CC.CP(=O)(O)CCC(N)C(=O)O.C[C@H](OC(=O)c1cc(Oc2ccc(C(F)(F)F)cc2Cl)ccc1Cl)C(=O)O. The molecule has 0 aromatic heterocycles. The van der Waals surface area contributed by atoms with Gasteiger partial charge < -0.3 is 35.1 Å². The maximum absolute atomic E-state index is 12.7. The number of anilines is 1. The highest BCUT2D eigenvalue weighted by Gasteiger charge is 2.31. The monoisotopic (exact) mass is 872 g/mol. The summed E-state index contributed by atoms with van der Waals surface area (Å²) >= 11 is 17.4. The summed E-state index contributed by atoms with van der Waals surface area (Å²) in [4.78, 5) is 55.3. The van der Waals surface area contributed by atoms with Crippen molar-refractivity contribution in [2.24, 2.45) is 5.73 Å². The summed E-state index contributed by atoms with van der Waals surface area (Å²) in [6.07, 6.45) is -5.09. The van der Waals surface area contributed by atoms with Crippen molar-refractivity contribution in [3.05, 3.63) is 86.9 Å². The van der Waals surface area contributed by atoms with Crippen molar-refractivity contribution < 1.29 is 66.2 Å². The van der Waals surface area contributed by atoms with Crippen molar-refractivity contribution in [2.75, 3.05) is 36.9 Å². The molecule has 3 rings (SSSR count). The number of para-hydroxylation sites is 1. The van der Waals surface area contributed by atoms with Gasteiger partial charge in [0.25, 0.3) is 0 Å². The summed E-state index contributed by atoms with van der Waals surface area (Å²) in [6, 6.07) is 11.3. The van der Waals surface area contributed by atoms with Crippen LogP contribution in [0.5, 0.6) is 11.5 Å². The van der Waals surface area contributed by atoms with Crippen LogP contribution in [0.25, 0.3) is 0 Å². The number of nitrogens with two attached hydrogens (primary N) is 1. The Balaban J connectivity index is 0.000000465. The van der Waals surface area contributed by atoms with E-state index in [-0.39, 0.29) is 58.2 Å². The number of alkyl halides is 4. The smallest absolute Gasteiger partial charge is 0.416 e. The maximum atomic E-state index is 12.7. The molecular formula is C36H43Cl3F3N2O11P. The normalized spacial score (nSPS) is 13.0. The van der Waals surface area contributed by atoms with Gasteiger partial charge in [0.05, 0.1) is 26.9 Å². The molecule has 3 aromatic carbocycles. The van der Waals surface area contributed by atoms with Crippen molar-refractivity contribution >= 4 is 71.7 Å². The Hall–Kier alpha value is -3.89. The minimum absolute atomic E-state index is 0.0246. The lowest BCUT2D eigenvalue weighted by molar-refractivity contribution is -0.146. The molecule has 1 amide bonds. The molecule has 0 aliphatic heterocycles. The van der Waals surface area contributed by atoms with Crippen LogP contribution in [0.3, 0.4) is 0 Å². The summed E-state index contributed by atoms with van der Waals surface area (Å²) in [5.41, 5.74) is 7.10. The van der Waals surface area contributed by atoms with Crippen molar-refractivity contribution in [3.63, 3.8) is 0 Å². The second kappa shape index (κ2) is 23.4. The number of carboxylic acids is 2. The average molecular weight is 874 g/mol. The van der Waals surface area contributed by atoms with E-state index in [0.29, 0.717) is 12.7 Å². The van der Waals surface area contributed by atoms with Crippen LogP contribution in [-0.2, 0) is 41.0 Å². The second-order valence-corrected chi connectivity index (χ2v) is 15.4. The third-order valence-electron chi connectivity index (χ3n) is 7.26. The zero-order valence-electron chi connectivity index (χ0n) is 30.9. The topological polar surface area (TPSA) is 203 Å². The number of aryl methyl sites for hydroxylation is 2. The first kappa shape index (κ1) is 50.1. The molecule has 13 nitrogen and oxygen atoms in total.